The molecule has 10 heteroatoms. The molecule has 3 aromatic rings. The first-order valence-corrected chi connectivity index (χ1v) is 14.0. The van der Waals surface area contributed by atoms with Gasteiger partial charge in [0.25, 0.3) is 5.91 Å². The summed E-state index contributed by atoms with van der Waals surface area (Å²) in [6.07, 6.45) is 1.78. The van der Waals surface area contributed by atoms with Gasteiger partial charge >= 0.3 is 5.97 Å². The molecule has 1 N–H and O–H groups in total. The van der Waals surface area contributed by atoms with Crippen LogP contribution in [0.15, 0.2) is 73.4 Å². The van der Waals surface area contributed by atoms with E-state index in [1.54, 1.807) is 32.2 Å². The first kappa shape index (κ1) is 27.9. The summed E-state index contributed by atoms with van der Waals surface area (Å²) >= 11 is 8.26. The zero-order valence-corrected chi connectivity index (χ0v) is 24.8. The first-order valence-electron chi connectivity index (χ1n) is 11.6. The highest BCUT2D eigenvalue weighted by molar-refractivity contribution is 9.10. The van der Waals surface area contributed by atoms with Crippen LogP contribution in [0.2, 0.25) is 0 Å². The highest BCUT2D eigenvalue weighted by Gasteiger charge is 2.31. The molecule has 1 saturated heterocycles. The van der Waals surface area contributed by atoms with E-state index in [0.717, 1.165) is 15.6 Å². The van der Waals surface area contributed by atoms with Gasteiger partial charge in [-0.2, -0.15) is 0 Å². The second-order valence-corrected chi connectivity index (χ2v) is 11.1. The molecule has 7 nitrogen and oxygen atoms in total. The molecule has 38 heavy (non-hydrogen) atoms. The Morgan fingerprint density at radius 3 is 2.55 bits per heavy atom. The van der Waals surface area contributed by atoms with E-state index in [2.05, 4.69) is 36.9 Å². The van der Waals surface area contributed by atoms with Crippen LogP contribution in [-0.4, -0.2) is 40.7 Å². The number of hydrogen-bond acceptors (Lipinski definition) is 6. The van der Waals surface area contributed by atoms with E-state index in [0.29, 0.717) is 50.5 Å². The lowest BCUT2D eigenvalue weighted by atomic mass is 10.1. The van der Waals surface area contributed by atoms with Gasteiger partial charge < -0.3 is 14.6 Å². The third-order valence-corrected chi connectivity index (χ3v) is 7.86. The number of nitrogens with zero attached hydrogens (tertiary/aromatic N) is 2. The van der Waals surface area contributed by atoms with Gasteiger partial charge in [0, 0.05) is 11.5 Å². The zero-order chi connectivity index (χ0) is 27.4. The fraction of sp³-hybridized carbons (Fsp3) is 0.179. The van der Waals surface area contributed by atoms with Crippen LogP contribution in [0.4, 0.5) is 5.69 Å². The number of ether oxygens (including phenoxy) is 2. The standard InChI is InChI=1S/C28H24Br2N2O5S/c1-4-36-23-13-18(12-21(30)25(23)37-15-17-8-10-19(29)11-9-17)14-24-26(33)32(3)28(38-24)31-22-7-5-6-20(16(22)2)27(34)35/h5-14H,4,15H2,1-3H3,(H,34,35)/b24-14-,31-28?. The van der Waals surface area contributed by atoms with Crippen molar-refractivity contribution < 1.29 is 24.2 Å². The van der Waals surface area contributed by atoms with Crippen molar-refractivity contribution in [3.05, 3.63) is 90.7 Å². The fourth-order valence-corrected chi connectivity index (χ4v) is 5.51. The molecule has 0 atom stereocenters. The second-order valence-electron chi connectivity index (χ2n) is 8.30. The molecule has 3 aromatic carbocycles. The maximum atomic E-state index is 13.0. The summed E-state index contributed by atoms with van der Waals surface area (Å²) in [5, 5.41) is 9.87. The SMILES string of the molecule is CCOc1cc(/C=C2\SC(=Nc3cccc(C(=O)O)c3C)N(C)C2=O)cc(Br)c1OCc1ccc(Br)cc1. The highest BCUT2D eigenvalue weighted by atomic mass is 79.9. The van der Waals surface area contributed by atoms with E-state index in [9.17, 15) is 14.7 Å². The number of hydrogen-bond donors (Lipinski definition) is 1. The predicted octanol–water partition coefficient (Wildman–Crippen LogP) is 7.43. The van der Waals surface area contributed by atoms with Gasteiger partial charge in [0.1, 0.15) is 6.61 Å². The van der Waals surface area contributed by atoms with Crippen LogP contribution in [0.1, 0.15) is 34.0 Å². The number of benzene rings is 3. The van der Waals surface area contributed by atoms with Gasteiger partial charge in [-0.25, -0.2) is 9.79 Å². The number of amidine groups is 1. The molecule has 0 unspecified atom stereocenters. The Bertz CT molecular complexity index is 1450. The van der Waals surface area contributed by atoms with E-state index >= 15 is 0 Å². The quantitative estimate of drug-likeness (QED) is 0.253. The van der Waals surface area contributed by atoms with Gasteiger partial charge in [0.15, 0.2) is 16.7 Å². The van der Waals surface area contributed by atoms with Gasteiger partial charge in [-0.3, -0.25) is 9.69 Å². The Morgan fingerprint density at radius 2 is 1.87 bits per heavy atom. The summed E-state index contributed by atoms with van der Waals surface area (Å²) in [6, 6.07) is 16.5. The molecule has 0 radical (unpaired) electrons. The predicted molar refractivity (Wildman–Crippen MR) is 157 cm³/mol. The van der Waals surface area contributed by atoms with Crippen molar-refractivity contribution in [3.63, 3.8) is 0 Å². The molecule has 1 aliphatic rings. The van der Waals surface area contributed by atoms with Crippen LogP contribution >= 0.6 is 43.6 Å². The molecule has 0 aliphatic carbocycles. The minimum absolute atomic E-state index is 0.176. The zero-order valence-electron chi connectivity index (χ0n) is 20.8. The number of rotatable bonds is 8. The molecule has 4 rings (SSSR count). The third-order valence-electron chi connectivity index (χ3n) is 5.68. The van der Waals surface area contributed by atoms with E-state index in [4.69, 9.17) is 9.47 Å². The van der Waals surface area contributed by atoms with Crippen LogP contribution in [-0.2, 0) is 11.4 Å². The molecule has 196 valence electrons. The van der Waals surface area contributed by atoms with Crippen molar-refractivity contribution in [3.8, 4) is 11.5 Å². The first-order chi connectivity index (χ1) is 18.2. The molecule has 0 spiro atoms. The Morgan fingerprint density at radius 1 is 1.13 bits per heavy atom. The molecule has 0 aromatic heterocycles. The van der Waals surface area contributed by atoms with Gasteiger partial charge in [-0.1, -0.05) is 34.1 Å². The maximum Gasteiger partial charge on any atom is 0.336 e. The summed E-state index contributed by atoms with van der Waals surface area (Å²) in [6.45, 7) is 4.41. The smallest absolute Gasteiger partial charge is 0.336 e. The highest BCUT2D eigenvalue weighted by Crippen LogP contribution is 2.40. The van der Waals surface area contributed by atoms with Crippen molar-refractivity contribution in [2.45, 2.75) is 20.5 Å². The monoisotopic (exact) mass is 658 g/mol. The number of likely N-dealkylation sites (N-methyl/N-ethyl adjacent to an activating group) is 1. The van der Waals surface area contributed by atoms with E-state index in [-0.39, 0.29) is 11.5 Å². The number of halogens is 2. The third kappa shape index (κ3) is 6.31. The van der Waals surface area contributed by atoms with Crippen LogP contribution in [0.3, 0.4) is 0 Å². The van der Waals surface area contributed by atoms with Gasteiger partial charge in [0.05, 0.1) is 27.2 Å². The van der Waals surface area contributed by atoms with Crippen LogP contribution in [0.5, 0.6) is 11.5 Å². The molecule has 0 bridgehead atoms. The van der Waals surface area contributed by atoms with Gasteiger partial charge in [-0.05, 0) is 101 Å². The Hall–Kier alpha value is -3.08. The fourth-order valence-electron chi connectivity index (χ4n) is 3.69. The van der Waals surface area contributed by atoms with Crippen molar-refractivity contribution in [2.24, 2.45) is 4.99 Å². The van der Waals surface area contributed by atoms with Crippen LogP contribution < -0.4 is 9.47 Å². The minimum Gasteiger partial charge on any atom is -0.490 e. The lowest BCUT2D eigenvalue weighted by Crippen LogP contribution is -2.23. The number of carbonyl (C=O) groups excluding carboxylic acids is 1. The Labute approximate surface area is 241 Å². The molecule has 1 amide bonds. The normalized spacial score (nSPS) is 15.4. The summed E-state index contributed by atoms with van der Waals surface area (Å²) in [7, 11) is 1.64. The van der Waals surface area contributed by atoms with Crippen LogP contribution in [0.25, 0.3) is 6.08 Å². The maximum absolute atomic E-state index is 13.0. The molecule has 1 aliphatic heterocycles. The number of amides is 1. The number of carboxylic acids is 1. The largest absolute Gasteiger partial charge is 0.490 e. The van der Waals surface area contributed by atoms with Crippen molar-refractivity contribution in [1.29, 1.82) is 0 Å². The average Bonchev–Trinajstić information content (AvgIpc) is 3.13. The van der Waals surface area contributed by atoms with E-state index in [1.165, 1.54) is 22.7 Å². The number of aromatic carboxylic acids is 1. The lowest BCUT2D eigenvalue weighted by molar-refractivity contribution is -0.121. The van der Waals surface area contributed by atoms with Crippen molar-refractivity contribution in [1.82, 2.24) is 4.90 Å². The molecule has 1 fully saturated rings. The van der Waals surface area contributed by atoms with E-state index < -0.39 is 5.97 Å². The topological polar surface area (TPSA) is 88.4 Å². The summed E-state index contributed by atoms with van der Waals surface area (Å²) in [5.74, 6) is -0.0841. The molecular weight excluding hydrogens is 636 g/mol. The number of carbonyl (C=O) groups is 2. The van der Waals surface area contributed by atoms with Crippen LogP contribution in [0, 0.1) is 6.92 Å². The summed E-state index contributed by atoms with van der Waals surface area (Å²) in [4.78, 5) is 31.0. The molecular formula is C28H24Br2N2O5S. The summed E-state index contributed by atoms with van der Waals surface area (Å²) < 4.78 is 13.6. The minimum atomic E-state index is -1.02. The number of thioether (sulfide) groups is 1. The molecule has 0 saturated carbocycles. The Kier molecular flexibility index (Phi) is 8.96. The average molecular weight is 660 g/mol. The molecule has 1 heterocycles. The van der Waals surface area contributed by atoms with E-state index in [1.807, 2.05) is 43.3 Å². The summed E-state index contributed by atoms with van der Waals surface area (Å²) in [5.41, 5.74) is 2.99. The number of aliphatic imine (C=N–C) groups is 1. The van der Waals surface area contributed by atoms with Crippen molar-refractivity contribution >= 4 is 72.4 Å². The lowest BCUT2D eigenvalue weighted by Gasteiger charge is -2.15. The second kappa shape index (κ2) is 12.2. The number of carboxylic acid groups (broad SMARTS) is 1. The van der Waals surface area contributed by atoms with Gasteiger partial charge in [0.2, 0.25) is 0 Å². The Balaban J connectivity index is 1.61. The van der Waals surface area contributed by atoms with Crippen molar-refractivity contribution in [2.75, 3.05) is 13.7 Å². The van der Waals surface area contributed by atoms with Gasteiger partial charge in [-0.15, -0.1) is 0 Å².